The van der Waals surface area contributed by atoms with E-state index in [2.05, 4.69) is 20.7 Å². The second-order valence-electron chi connectivity index (χ2n) is 12.0. The Morgan fingerprint density at radius 2 is 1.74 bits per heavy atom. The van der Waals surface area contributed by atoms with E-state index in [9.17, 15) is 22.8 Å². The number of halogens is 4. The molecule has 0 radical (unpaired) electrons. The number of nitrogens with one attached hydrogen (secondary N) is 2. The highest BCUT2D eigenvalue weighted by Crippen LogP contribution is 2.41. The zero-order chi connectivity index (χ0) is 27.9. The monoisotopic (exact) mass is 578 g/mol. The molecular weight excluding hydrogens is 537 g/mol. The molecule has 0 aromatic rings. The molecule has 4 aliphatic heterocycles. The van der Waals surface area contributed by atoms with E-state index >= 15 is 0 Å². The topological polar surface area (TPSA) is 91.4 Å². The molecule has 1 aliphatic carbocycles. The number of rotatable bonds is 5. The zero-order valence-corrected chi connectivity index (χ0v) is 23.3. The summed E-state index contributed by atoms with van der Waals surface area (Å²) in [6.07, 6.45) is 1.60. The number of aliphatic hydroxyl groups is 1. The van der Waals surface area contributed by atoms with Crippen molar-refractivity contribution in [2.24, 2.45) is 11.8 Å². The fourth-order valence-electron chi connectivity index (χ4n) is 7.93. The Kier molecular flexibility index (Phi) is 9.00. The number of carbonyl (C=O) groups excluding carboxylic acids is 2. The first-order valence-electron chi connectivity index (χ1n) is 14.5. The molecule has 0 aromatic carbocycles. The van der Waals surface area contributed by atoms with Crippen LogP contribution in [0.25, 0.3) is 0 Å². The molecule has 9 nitrogen and oxygen atoms in total. The lowest BCUT2D eigenvalue weighted by atomic mass is 9.78. The third kappa shape index (κ3) is 6.06. The summed E-state index contributed by atoms with van der Waals surface area (Å²) in [5, 5.41) is 14.9. The van der Waals surface area contributed by atoms with Crippen LogP contribution in [0.3, 0.4) is 0 Å². The summed E-state index contributed by atoms with van der Waals surface area (Å²) >= 11 is 6.36. The molecule has 4 saturated heterocycles. The third-order valence-corrected chi connectivity index (χ3v) is 10.1. The highest BCUT2D eigenvalue weighted by Gasteiger charge is 2.52. The van der Waals surface area contributed by atoms with Gasteiger partial charge in [0.25, 0.3) is 0 Å². The lowest BCUT2D eigenvalue weighted by Gasteiger charge is -2.53. The van der Waals surface area contributed by atoms with Gasteiger partial charge >= 0.3 is 6.18 Å². The molecule has 39 heavy (non-hydrogen) atoms. The first-order valence-corrected chi connectivity index (χ1v) is 14.9. The SMILES string of the molecule is CN(C(=O)C1CCN(C(=O)CO)CC1)[C@@H](C1CCC(N2CCCC3C2CNC2CC(Cl)NN23)CC1)C(F)(F)F. The minimum absolute atomic E-state index is 0.0818. The average Bonchev–Trinajstić information content (AvgIpc) is 3.32. The molecule has 5 aliphatic rings. The van der Waals surface area contributed by atoms with E-state index in [0.29, 0.717) is 50.6 Å². The number of aliphatic hydroxyl groups excluding tert-OH is 1. The summed E-state index contributed by atoms with van der Waals surface area (Å²) in [4.78, 5) is 29.9. The van der Waals surface area contributed by atoms with Crippen LogP contribution in [0.4, 0.5) is 13.2 Å². The molecular formula is C26H42ClF3N6O3. The van der Waals surface area contributed by atoms with Crippen LogP contribution in [0.1, 0.15) is 57.8 Å². The molecule has 222 valence electrons. The number of hydrazine groups is 1. The van der Waals surface area contributed by atoms with Gasteiger partial charge in [-0.15, -0.1) is 11.6 Å². The van der Waals surface area contributed by atoms with Crippen molar-refractivity contribution in [2.75, 3.05) is 39.8 Å². The Hall–Kier alpha value is -1.18. The van der Waals surface area contributed by atoms with Gasteiger partial charge in [0.05, 0.1) is 11.7 Å². The third-order valence-electron chi connectivity index (χ3n) is 9.85. The first-order chi connectivity index (χ1) is 18.6. The summed E-state index contributed by atoms with van der Waals surface area (Å²) in [7, 11) is 1.30. The van der Waals surface area contributed by atoms with Crippen LogP contribution in [-0.4, -0.2) is 118 Å². The number of piperidine rings is 2. The van der Waals surface area contributed by atoms with Crippen LogP contribution in [0.2, 0.25) is 0 Å². The van der Waals surface area contributed by atoms with Crippen molar-refractivity contribution in [2.45, 2.75) is 99.8 Å². The van der Waals surface area contributed by atoms with Gasteiger partial charge in [0.2, 0.25) is 11.8 Å². The summed E-state index contributed by atoms with van der Waals surface area (Å²) in [5.41, 5.74) is 3.31. The number of hydrogen-bond acceptors (Lipinski definition) is 7. The minimum atomic E-state index is -4.51. The maximum Gasteiger partial charge on any atom is 0.409 e. The highest BCUT2D eigenvalue weighted by molar-refractivity contribution is 6.20. The molecule has 13 heteroatoms. The van der Waals surface area contributed by atoms with E-state index in [1.54, 1.807) is 0 Å². The van der Waals surface area contributed by atoms with Crippen molar-refractivity contribution in [3.63, 3.8) is 0 Å². The number of carbonyl (C=O) groups is 2. The predicted octanol–water partition coefficient (Wildman–Crippen LogP) is 1.70. The largest absolute Gasteiger partial charge is 0.409 e. The normalized spacial score (nSPS) is 35.8. The molecule has 5 fully saturated rings. The van der Waals surface area contributed by atoms with E-state index < -0.39 is 42.5 Å². The van der Waals surface area contributed by atoms with Crippen LogP contribution in [-0.2, 0) is 9.59 Å². The highest BCUT2D eigenvalue weighted by atomic mass is 35.5. The van der Waals surface area contributed by atoms with Crippen molar-refractivity contribution in [3.05, 3.63) is 0 Å². The Morgan fingerprint density at radius 3 is 2.38 bits per heavy atom. The number of alkyl halides is 4. The van der Waals surface area contributed by atoms with Gasteiger partial charge in [-0.3, -0.25) is 19.8 Å². The van der Waals surface area contributed by atoms with Gasteiger partial charge in [-0.2, -0.15) is 13.2 Å². The lowest BCUT2D eigenvalue weighted by Crippen LogP contribution is -2.70. The number of fused-ring (bicyclic) bond motifs is 3. The Balaban J connectivity index is 1.19. The van der Waals surface area contributed by atoms with Crippen LogP contribution >= 0.6 is 11.6 Å². The quantitative estimate of drug-likeness (QED) is 0.338. The van der Waals surface area contributed by atoms with Crippen LogP contribution in [0, 0.1) is 11.8 Å². The second-order valence-corrected chi connectivity index (χ2v) is 12.5. The standard InChI is InChI=1S/C26H42ClF3N6O3/c1-33(25(39)17-8-11-34(12-9-17)23(38)15-37)24(26(28,29)30)16-4-6-18(7-5-16)35-10-2-3-19-20(35)14-31-22-13-21(27)32-36(19)22/h16-22,24,31-32,37H,2-15H2,1H3/t16?,18?,19?,20?,21?,22?,24-/m0/s1. The van der Waals surface area contributed by atoms with Crippen LogP contribution < -0.4 is 10.7 Å². The van der Waals surface area contributed by atoms with Gasteiger partial charge in [0.1, 0.15) is 12.6 Å². The Bertz CT molecular complexity index is 883. The Morgan fingerprint density at radius 1 is 1.05 bits per heavy atom. The van der Waals surface area contributed by atoms with Crippen LogP contribution in [0.5, 0.6) is 0 Å². The fourth-order valence-corrected chi connectivity index (χ4v) is 8.21. The molecule has 5 atom stereocenters. The van der Waals surface area contributed by atoms with E-state index in [1.807, 2.05) is 0 Å². The zero-order valence-electron chi connectivity index (χ0n) is 22.6. The average molecular weight is 579 g/mol. The molecule has 4 heterocycles. The summed E-state index contributed by atoms with van der Waals surface area (Å²) in [6.45, 7) is 1.77. The van der Waals surface area contributed by atoms with Gasteiger partial charge in [-0.25, -0.2) is 10.4 Å². The molecule has 5 rings (SSSR count). The van der Waals surface area contributed by atoms with Gasteiger partial charge in [-0.1, -0.05) is 0 Å². The van der Waals surface area contributed by atoms with Crippen molar-refractivity contribution >= 4 is 23.4 Å². The molecule has 2 amide bonds. The van der Waals surface area contributed by atoms with E-state index in [0.717, 1.165) is 37.3 Å². The maximum atomic E-state index is 14.4. The van der Waals surface area contributed by atoms with Crippen LogP contribution in [0.15, 0.2) is 0 Å². The predicted molar refractivity (Wildman–Crippen MR) is 139 cm³/mol. The van der Waals surface area contributed by atoms with E-state index in [-0.39, 0.29) is 30.8 Å². The molecule has 0 aromatic heterocycles. The van der Waals surface area contributed by atoms with Crippen molar-refractivity contribution in [1.29, 1.82) is 0 Å². The lowest BCUT2D eigenvalue weighted by molar-refractivity contribution is -0.203. The summed E-state index contributed by atoms with van der Waals surface area (Å²) in [6, 6.07) is -0.914. The van der Waals surface area contributed by atoms with Crippen molar-refractivity contribution in [1.82, 2.24) is 30.5 Å². The second kappa shape index (κ2) is 12.0. The van der Waals surface area contributed by atoms with Gasteiger partial charge in [0, 0.05) is 57.1 Å². The molecule has 4 unspecified atom stereocenters. The molecule has 0 spiro atoms. The number of hydrogen-bond donors (Lipinski definition) is 3. The van der Waals surface area contributed by atoms with E-state index in [4.69, 9.17) is 16.7 Å². The number of amides is 2. The van der Waals surface area contributed by atoms with Gasteiger partial charge < -0.3 is 14.9 Å². The molecule has 0 bridgehead atoms. The first kappa shape index (κ1) is 29.3. The van der Waals surface area contributed by atoms with Crippen molar-refractivity contribution < 1.29 is 27.9 Å². The fraction of sp³-hybridized carbons (Fsp3) is 0.923. The summed E-state index contributed by atoms with van der Waals surface area (Å²) in [5.74, 6) is -2.08. The Labute approximate surface area is 233 Å². The summed E-state index contributed by atoms with van der Waals surface area (Å²) < 4.78 is 43.2. The maximum absolute atomic E-state index is 14.4. The van der Waals surface area contributed by atoms with Gasteiger partial charge in [-0.05, 0) is 63.8 Å². The molecule has 3 N–H and O–H groups in total. The molecule has 1 saturated carbocycles. The number of nitrogens with zero attached hydrogens (tertiary/aromatic N) is 4. The smallest absolute Gasteiger partial charge is 0.387 e. The van der Waals surface area contributed by atoms with Gasteiger partial charge in [0.15, 0.2) is 0 Å². The number of likely N-dealkylation sites (tertiary alicyclic amines) is 2. The minimum Gasteiger partial charge on any atom is -0.387 e. The van der Waals surface area contributed by atoms with E-state index in [1.165, 1.54) is 11.9 Å². The van der Waals surface area contributed by atoms with Crippen molar-refractivity contribution in [3.8, 4) is 0 Å².